The van der Waals surface area contributed by atoms with Crippen molar-refractivity contribution in [3.05, 3.63) is 0 Å². The molecule has 0 radical (unpaired) electrons. The molecule has 0 amide bonds. The number of hydrogen-bond donors (Lipinski definition) is 0. The lowest BCUT2D eigenvalue weighted by molar-refractivity contribution is -0.147. The van der Waals surface area contributed by atoms with Crippen LogP contribution in [0, 0.1) is 18.3 Å². The van der Waals surface area contributed by atoms with Crippen LogP contribution in [0.15, 0.2) is 0 Å². The maximum Gasteiger partial charge on any atom is 0.309 e. The van der Waals surface area contributed by atoms with Gasteiger partial charge in [-0.1, -0.05) is 0 Å². The van der Waals surface area contributed by atoms with E-state index >= 15 is 0 Å². The van der Waals surface area contributed by atoms with Crippen LogP contribution >= 0.6 is 0 Å². The van der Waals surface area contributed by atoms with Crippen molar-refractivity contribution >= 4 is 5.97 Å². The standard InChI is InChI=1S/C9H12O2/c1-2-5-8-6-3-4-7-11-9(8)10/h1,8H,3-7H2. The van der Waals surface area contributed by atoms with Crippen LogP contribution in [-0.4, -0.2) is 12.6 Å². The van der Waals surface area contributed by atoms with E-state index in [0.717, 1.165) is 19.3 Å². The van der Waals surface area contributed by atoms with E-state index in [1.54, 1.807) is 0 Å². The van der Waals surface area contributed by atoms with Gasteiger partial charge in [-0.05, 0) is 19.3 Å². The second-order valence-electron chi connectivity index (χ2n) is 2.77. The van der Waals surface area contributed by atoms with Crippen LogP contribution in [0.3, 0.4) is 0 Å². The van der Waals surface area contributed by atoms with Gasteiger partial charge >= 0.3 is 5.97 Å². The molecule has 1 aliphatic heterocycles. The first-order valence-electron chi connectivity index (χ1n) is 3.94. The quantitative estimate of drug-likeness (QED) is 0.419. The van der Waals surface area contributed by atoms with E-state index in [-0.39, 0.29) is 11.9 Å². The lowest BCUT2D eigenvalue weighted by Crippen LogP contribution is -2.14. The number of ether oxygens (including phenoxy) is 1. The fourth-order valence-electron chi connectivity index (χ4n) is 1.23. The summed E-state index contributed by atoms with van der Waals surface area (Å²) in [6, 6.07) is 0. The van der Waals surface area contributed by atoms with E-state index in [2.05, 4.69) is 5.92 Å². The Hall–Kier alpha value is -0.970. The van der Waals surface area contributed by atoms with E-state index < -0.39 is 0 Å². The molecule has 1 unspecified atom stereocenters. The van der Waals surface area contributed by atoms with Crippen LogP contribution in [0.5, 0.6) is 0 Å². The highest BCUT2D eigenvalue weighted by molar-refractivity contribution is 5.72. The van der Waals surface area contributed by atoms with Gasteiger partial charge < -0.3 is 4.74 Å². The van der Waals surface area contributed by atoms with Gasteiger partial charge in [0.15, 0.2) is 0 Å². The van der Waals surface area contributed by atoms with Crippen molar-refractivity contribution in [3.8, 4) is 12.3 Å². The van der Waals surface area contributed by atoms with E-state index in [1.807, 2.05) is 0 Å². The van der Waals surface area contributed by atoms with Crippen LogP contribution in [-0.2, 0) is 9.53 Å². The van der Waals surface area contributed by atoms with E-state index in [0.29, 0.717) is 13.0 Å². The third kappa shape index (κ3) is 2.27. The number of terminal acetylenes is 1. The minimum absolute atomic E-state index is 0.0394. The van der Waals surface area contributed by atoms with Crippen molar-refractivity contribution in [1.82, 2.24) is 0 Å². The summed E-state index contributed by atoms with van der Waals surface area (Å²) in [7, 11) is 0. The lowest BCUT2D eigenvalue weighted by atomic mass is 10.0. The highest BCUT2D eigenvalue weighted by Gasteiger charge is 2.20. The highest BCUT2D eigenvalue weighted by Crippen LogP contribution is 2.17. The van der Waals surface area contributed by atoms with Gasteiger partial charge in [-0.2, -0.15) is 0 Å². The molecule has 2 heteroatoms. The van der Waals surface area contributed by atoms with E-state index in [9.17, 15) is 4.79 Å². The van der Waals surface area contributed by atoms with Crippen molar-refractivity contribution in [2.45, 2.75) is 25.7 Å². The molecule has 1 atom stereocenters. The molecule has 0 aromatic rings. The van der Waals surface area contributed by atoms with Crippen molar-refractivity contribution in [2.24, 2.45) is 5.92 Å². The molecule has 0 spiro atoms. The van der Waals surface area contributed by atoms with Crippen molar-refractivity contribution in [2.75, 3.05) is 6.61 Å². The molecule has 0 bridgehead atoms. The number of carbonyl (C=O) groups is 1. The predicted octanol–water partition coefficient (Wildman–Crippen LogP) is 1.35. The Balaban J connectivity index is 2.47. The molecule has 1 aliphatic rings. The number of carbonyl (C=O) groups excluding carboxylic acids is 1. The first-order valence-corrected chi connectivity index (χ1v) is 3.94. The van der Waals surface area contributed by atoms with Crippen LogP contribution < -0.4 is 0 Å². The average Bonchev–Trinajstić information content (AvgIpc) is 2.18. The zero-order valence-corrected chi connectivity index (χ0v) is 6.51. The zero-order valence-electron chi connectivity index (χ0n) is 6.51. The Morgan fingerprint density at radius 1 is 1.64 bits per heavy atom. The minimum Gasteiger partial charge on any atom is -0.465 e. The third-order valence-electron chi connectivity index (χ3n) is 1.89. The number of esters is 1. The zero-order chi connectivity index (χ0) is 8.10. The van der Waals surface area contributed by atoms with Crippen molar-refractivity contribution in [1.29, 1.82) is 0 Å². The largest absolute Gasteiger partial charge is 0.465 e. The smallest absolute Gasteiger partial charge is 0.309 e. The Morgan fingerprint density at radius 2 is 2.45 bits per heavy atom. The predicted molar refractivity (Wildman–Crippen MR) is 41.8 cm³/mol. The molecule has 0 aromatic carbocycles. The van der Waals surface area contributed by atoms with Gasteiger partial charge in [-0.3, -0.25) is 4.79 Å². The average molecular weight is 152 g/mol. The highest BCUT2D eigenvalue weighted by atomic mass is 16.5. The molecular weight excluding hydrogens is 140 g/mol. The second kappa shape index (κ2) is 4.02. The van der Waals surface area contributed by atoms with Crippen LogP contribution in [0.2, 0.25) is 0 Å². The lowest BCUT2D eigenvalue weighted by Gasteiger charge is -2.06. The number of cyclic esters (lactones) is 1. The molecule has 1 rings (SSSR count). The summed E-state index contributed by atoms with van der Waals surface area (Å²) in [5, 5.41) is 0. The molecule has 2 nitrogen and oxygen atoms in total. The summed E-state index contributed by atoms with van der Waals surface area (Å²) in [5.74, 6) is 2.34. The Bertz CT molecular complexity index is 178. The van der Waals surface area contributed by atoms with E-state index in [4.69, 9.17) is 11.2 Å². The first-order chi connectivity index (χ1) is 5.34. The van der Waals surface area contributed by atoms with Crippen LogP contribution in [0.25, 0.3) is 0 Å². The maximum atomic E-state index is 11.1. The van der Waals surface area contributed by atoms with Crippen LogP contribution in [0.1, 0.15) is 25.7 Å². The van der Waals surface area contributed by atoms with E-state index in [1.165, 1.54) is 0 Å². The molecule has 1 heterocycles. The normalized spacial score (nSPS) is 25.0. The van der Waals surface area contributed by atoms with Gasteiger partial charge in [0.1, 0.15) is 0 Å². The summed E-state index contributed by atoms with van der Waals surface area (Å²) >= 11 is 0. The van der Waals surface area contributed by atoms with Gasteiger partial charge in [0.2, 0.25) is 0 Å². The summed E-state index contributed by atoms with van der Waals surface area (Å²) < 4.78 is 4.93. The molecule has 60 valence electrons. The van der Waals surface area contributed by atoms with Crippen molar-refractivity contribution in [3.63, 3.8) is 0 Å². The van der Waals surface area contributed by atoms with Gasteiger partial charge in [0.05, 0.1) is 12.5 Å². The molecule has 1 fully saturated rings. The summed E-state index contributed by atoms with van der Waals surface area (Å²) in [5.41, 5.74) is 0. The number of rotatable bonds is 1. The number of hydrogen-bond acceptors (Lipinski definition) is 2. The Morgan fingerprint density at radius 3 is 3.18 bits per heavy atom. The van der Waals surface area contributed by atoms with Gasteiger partial charge in [0.25, 0.3) is 0 Å². The molecular formula is C9H12O2. The molecule has 1 saturated heterocycles. The van der Waals surface area contributed by atoms with Gasteiger partial charge in [-0.15, -0.1) is 12.3 Å². The maximum absolute atomic E-state index is 11.1. The van der Waals surface area contributed by atoms with Gasteiger partial charge in [0, 0.05) is 6.42 Å². The third-order valence-corrected chi connectivity index (χ3v) is 1.89. The SMILES string of the molecule is C#CCC1CCCCOC1=O. The summed E-state index contributed by atoms with van der Waals surface area (Å²) in [6.07, 6.45) is 8.57. The first kappa shape index (κ1) is 8.13. The fourth-order valence-corrected chi connectivity index (χ4v) is 1.23. The Kier molecular flexibility index (Phi) is 2.97. The fraction of sp³-hybridized carbons (Fsp3) is 0.667. The Labute approximate surface area is 66.9 Å². The molecule has 0 saturated carbocycles. The molecule has 0 aliphatic carbocycles. The minimum atomic E-state index is -0.111. The second-order valence-corrected chi connectivity index (χ2v) is 2.77. The molecule has 0 N–H and O–H groups in total. The van der Waals surface area contributed by atoms with Crippen molar-refractivity contribution < 1.29 is 9.53 Å². The summed E-state index contributed by atoms with van der Waals surface area (Å²) in [4.78, 5) is 11.1. The van der Waals surface area contributed by atoms with Gasteiger partial charge in [-0.25, -0.2) is 0 Å². The molecule has 0 aromatic heterocycles. The topological polar surface area (TPSA) is 26.3 Å². The summed E-state index contributed by atoms with van der Waals surface area (Å²) in [6.45, 7) is 0.569. The monoisotopic (exact) mass is 152 g/mol. The molecule has 11 heavy (non-hydrogen) atoms. The van der Waals surface area contributed by atoms with Crippen LogP contribution in [0.4, 0.5) is 0 Å².